The zero-order chi connectivity index (χ0) is 15.7. The van der Waals surface area contributed by atoms with Crippen LogP contribution in [0, 0.1) is 5.41 Å². The van der Waals surface area contributed by atoms with Gasteiger partial charge in [-0.25, -0.2) is 4.79 Å². The molecule has 0 aromatic heterocycles. The SMILES string of the molecule is CC1CC(NCC2(C)COC2)CCN1C(=O)OC(C)(C)C. The smallest absolute Gasteiger partial charge is 0.410 e. The maximum absolute atomic E-state index is 12.2. The Morgan fingerprint density at radius 3 is 2.57 bits per heavy atom. The molecule has 2 atom stereocenters. The van der Waals surface area contributed by atoms with E-state index in [4.69, 9.17) is 9.47 Å². The second kappa shape index (κ2) is 6.13. The summed E-state index contributed by atoms with van der Waals surface area (Å²) < 4.78 is 10.8. The lowest BCUT2D eigenvalue weighted by Crippen LogP contribution is -2.54. The number of amides is 1. The summed E-state index contributed by atoms with van der Waals surface area (Å²) in [4.78, 5) is 14.0. The first-order valence-electron chi connectivity index (χ1n) is 7.99. The molecule has 2 saturated heterocycles. The number of hydrogen-bond donors (Lipinski definition) is 1. The van der Waals surface area contributed by atoms with Gasteiger partial charge in [0.15, 0.2) is 0 Å². The highest BCUT2D eigenvalue weighted by molar-refractivity contribution is 5.68. The normalized spacial score (nSPS) is 28.9. The van der Waals surface area contributed by atoms with E-state index in [0.717, 1.165) is 39.1 Å². The van der Waals surface area contributed by atoms with Crippen molar-refractivity contribution in [3.63, 3.8) is 0 Å². The van der Waals surface area contributed by atoms with Crippen molar-refractivity contribution in [2.45, 2.75) is 65.1 Å². The van der Waals surface area contributed by atoms with Gasteiger partial charge in [0, 0.05) is 30.6 Å². The highest BCUT2D eigenvalue weighted by Gasteiger charge is 2.36. The highest BCUT2D eigenvalue weighted by Crippen LogP contribution is 2.27. The molecule has 1 amide bonds. The Hall–Kier alpha value is -0.810. The molecule has 0 saturated carbocycles. The van der Waals surface area contributed by atoms with Crippen molar-refractivity contribution in [3.05, 3.63) is 0 Å². The molecule has 2 fully saturated rings. The van der Waals surface area contributed by atoms with Gasteiger partial charge in [0.05, 0.1) is 13.2 Å². The van der Waals surface area contributed by atoms with Crippen molar-refractivity contribution in [2.24, 2.45) is 5.41 Å². The summed E-state index contributed by atoms with van der Waals surface area (Å²) in [7, 11) is 0. The van der Waals surface area contributed by atoms with Crippen LogP contribution >= 0.6 is 0 Å². The Balaban J connectivity index is 1.77. The van der Waals surface area contributed by atoms with Gasteiger partial charge in [-0.3, -0.25) is 0 Å². The fourth-order valence-electron chi connectivity index (χ4n) is 2.89. The van der Waals surface area contributed by atoms with Crippen molar-refractivity contribution >= 4 is 6.09 Å². The summed E-state index contributed by atoms with van der Waals surface area (Å²) in [6.45, 7) is 13.5. The summed E-state index contributed by atoms with van der Waals surface area (Å²) in [5.41, 5.74) is -0.129. The van der Waals surface area contributed by atoms with Crippen LogP contribution in [-0.2, 0) is 9.47 Å². The maximum atomic E-state index is 12.2. The Bertz CT molecular complexity index is 374. The molecule has 0 radical (unpaired) electrons. The summed E-state index contributed by atoms with van der Waals surface area (Å²) in [6, 6.07) is 0.702. The summed E-state index contributed by atoms with van der Waals surface area (Å²) >= 11 is 0. The zero-order valence-electron chi connectivity index (χ0n) is 14.1. The van der Waals surface area contributed by atoms with Crippen LogP contribution < -0.4 is 5.32 Å². The molecule has 122 valence electrons. The van der Waals surface area contributed by atoms with Crippen LogP contribution in [-0.4, -0.2) is 55.0 Å². The van der Waals surface area contributed by atoms with E-state index < -0.39 is 5.60 Å². The molecular formula is C16H30N2O3. The largest absolute Gasteiger partial charge is 0.444 e. The Morgan fingerprint density at radius 2 is 2.10 bits per heavy atom. The van der Waals surface area contributed by atoms with Crippen LogP contribution in [0.15, 0.2) is 0 Å². The van der Waals surface area contributed by atoms with Crippen LogP contribution in [0.2, 0.25) is 0 Å². The van der Waals surface area contributed by atoms with Crippen LogP contribution in [0.25, 0.3) is 0 Å². The first kappa shape index (κ1) is 16.6. The van der Waals surface area contributed by atoms with Gasteiger partial charge in [0.25, 0.3) is 0 Å². The first-order valence-corrected chi connectivity index (χ1v) is 7.99. The monoisotopic (exact) mass is 298 g/mol. The van der Waals surface area contributed by atoms with E-state index in [2.05, 4.69) is 19.2 Å². The van der Waals surface area contributed by atoms with Crippen molar-refractivity contribution in [2.75, 3.05) is 26.3 Å². The highest BCUT2D eigenvalue weighted by atomic mass is 16.6. The number of rotatable bonds is 3. The Morgan fingerprint density at radius 1 is 1.43 bits per heavy atom. The molecule has 2 heterocycles. The average Bonchev–Trinajstić information content (AvgIpc) is 2.31. The molecular weight excluding hydrogens is 268 g/mol. The second-order valence-electron chi connectivity index (χ2n) is 7.93. The predicted octanol–water partition coefficient (Wildman–Crippen LogP) is 2.40. The number of carbonyl (C=O) groups is 1. The third-order valence-corrected chi connectivity index (χ3v) is 4.22. The van der Waals surface area contributed by atoms with Crippen molar-refractivity contribution in [3.8, 4) is 0 Å². The summed E-state index contributed by atoms with van der Waals surface area (Å²) in [5.74, 6) is 0. The molecule has 1 N–H and O–H groups in total. The van der Waals surface area contributed by atoms with Crippen LogP contribution in [0.1, 0.15) is 47.5 Å². The summed E-state index contributed by atoms with van der Waals surface area (Å²) in [5, 5.41) is 3.64. The number of ether oxygens (including phenoxy) is 2. The lowest BCUT2D eigenvalue weighted by molar-refractivity contribution is -0.101. The van der Waals surface area contributed by atoms with Gasteiger partial charge >= 0.3 is 6.09 Å². The van der Waals surface area contributed by atoms with Gasteiger partial charge in [-0.2, -0.15) is 0 Å². The van der Waals surface area contributed by atoms with E-state index in [-0.39, 0.29) is 12.1 Å². The Kier molecular flexibility index (Phi) is 4.83. The van der Waals surface area contributed by atoms with E-state index in [1.165, 1.54) is 0 Å². The van der Waals surface area contributed by atoms with Crippen molar-refractivity contribution in [1.29, 1.82) is 0 Å². The molecule has 0 aromatic carbocycles. The first-order chi connectivity index (χ1) is 9.69. The van der Waals surface area contributed by atoms with Crippen molar-refractivity contribution < 1.29 is 14.3 Å². The lowest BCUT2D eigenvalue weighted by Gasteiger charge is -2.42. The molecule has 2 aliphatic heterocycles. The molecule has 0 aromatic rings. The van der Waals surface area contributed by atoms with Gasteiger partial charge in [-0.15, -0.1) is 0 Å². The van der Waals surface area contributed by atoms with E-state index in [9.17, 15) is 4.79 Å². The molecule has 5 nitrogen and oxygen atoms in total. The quantitative estimate of drug-likeness (QED) is 0.869. The molecule has 2 rings (SSSR count). The number of carbonyl (C=O) groups excluding carboxylic acids is 1. The van der Waals surface area contributed by atoms with Crippen LogP contribution in [0.3, 0.4) is 0 Å². The minimum Gasteiger partial charge on any atom is -0.444 e. The molecule has 0 bridgehead atoms. The van der Waals surface area contributed by atoms with E-state index in [1.807, 2.05) is 25.7 Å². The number of likely N-dealkylation sites (tertiary alicyclic amines) is 1. The fourth-order valence-corrected chi connectivity index (χ4v) is 2.89. The molecule has 2 unspecified atom stereocenters. The van der Waals surface area contributed by atoms with Gasteiger partial charge in [-0.05, 0) is 40.5 Å². The molecule has 0 spiro atoms. The zero-order valence-corrected chi connectivity index (χ0v) is 14.1. The minimum atomic E-state index is -0.426. The van der Waals surface area contributed by atoms with Gasteiger partial charge in [0.2, 0.25) is 0 Å². The number of hydrogen-bond acceptors (Lipinski definition) is 4. The average molecular weight is 298 g/mol. The molecule has 2 aliphatic rings. The predicted molar refractivity (Wildman–Crippen MR) is 82.4 cm³/mol. The maximum Gasteiger partial charge on any atom is 0.410 e. The minimum absolute atomic E-state index is 0.187. The van der Waals surface area contributed by atoms with Crippen LogP contribution in [0.4, 0.5) is 4.79 Å². The van der Waals surface area contributed by atoms with Crippen LogP contribution in [0.5, 0.6) is 0 Å². The van der Waals surface area contributed by atoms with E-state index >= 15 is 0 Å². The third-order valence-electron chi connectivity index (χ3n) is 4.22. The molecule has 5 heteroatoms. The fraction of sp³-hybridized carbons (Fsp3) is 0.938. The van der Waals surface area contributed by atoms with E-state index in [1.54, 1.807) is 0 Å². The Labute approximate surface area is 128 Å². The lowest BCUT2D eigenvalue weighted by atomic mass is 9.87. The topological polar surface area (TPSA) is 50.8 Å². The van der Waals surface area contributed by atoms with Crippen molar-refractivity contribution in [1.82, 2.24) is 10.2 Å². The molecule has 0 aliphatic carbocycles. The van der Waals surface area contributed by atoms with Gasteiger partial charge in [-0.1, -0.05) is 6.92 Å². The molecule has 21 heavy (non-hydrogen) atoms. The van der Waals surface area contributed by atoms with Gasteiger partial charge < -0.3 is 19.7 Å². The number of piperidine rings is 1. The number of nitrogens with one attached hydrogen (secondary N) is 1. The van der Waals surface area contributed by atoms with Gasteiger partial charge in [0.1, 0.15) is 5.60 Å². The summed E-state index contributed by atoms with van der Waals surface area (Å²) in [6.07, 6.45) is 1.78. The number of nitrogens with zero attached hydrogens (tertiary/aromatic N) is 1. The third kappa shape index (κ3) is 4.58. The second-order valence-corrected chi connectivity index (χ2v) is 7.93. The van der Waals surface area contributed by atoms with E-state index in [0.29, 0.717) is 11.5 Å². The standard InChI is InChI=1S/C16H30N2O3/c1-12-8-13(17-9-16(5)10-20-11-16)6-7-18(12)14(19)21-15(2,3)4/h12-13,17H,6-11H2,1-5H3.